The molecule has 0 aliphatic rings. The number of aromatic nitrogens is 3. The average Bonchev–Trinajstić information content (AvgIpc) is 2.72. The second kappa shape index (κ2) is 4.57. The highest BCUT2D eigenvalue weighted by atomic mass is 79.9. The van der Waals surface area contributed by atoms with Gasteiger partial charge in [-0.3, -0.25) is 4.57 Å². The quantitative estimate of drug-likeness (QED) is 0.800. The Labute approximate surface area is 97.3 Å². The number of benzene rings is 1. The maximum Gasteiger partial charge on any atom is 0.148 e. The largest absolute Gasteiger partial charge is 0.282 e. The van der Waals surface area contributed by atoms with Gasteiger partial charge in [-0.1, -0.05) is 41.1 Å². The Morgan fingerprint density at radius 2 is 1.80 bits per heavy atom. The second-order valence-electron chi connectivity index (χ2n) is 3.19. The zero-order chi connectivity index (χ0) is 10.7. The van der Waals surface area contributed by atoms with Gasteiger partial charge in [0.25, 0.3) is 0 Å². The molecular weight excluding hydrogens is 254 g/mol. The van der Waals surface area contributed by atoms with Crippen LogP contribution in [0, 0.1) is 0 Å². The lowest BCUT2D eigenvalue weighted by molar-refractivity contribution is 0.869. The Balaban J connectivity index is 2.55. The summed E-state index contributed by atoms with van der Waals surface area (Å²) in [6.07, 6.45) is 0.884. The van der Waals surface area contributed by atoms with E-state index in [1.807, 2.05) is 18.2 Å². The number of nitrogens with zero attached hydrogens (tertiary/aromatic N) is 3. The number of aryl methyl sites for hydroxylation is 1. The fourth-order valence-corrected chi connectivity index (χ4v) is 1.91. The summed E-state index contributed by atoms with van der Waals surface area (Å²) in [5.41, 5.74) is 1.12. The Morgan fingerprint density at radius 1 is 1.13 bits per heavy atom. The van der Waals surface area contributed by atoms with Crippen molar-refractivity contribution >= 4 is 15.9 Å². The molecule has 1 aromatic heterocycles. The van der Waals surface area contributed by atoms with E-state index in [9.17, 15) is 0 Å². The molecule has 4 heteroatoms. The predicted molar refractivity (Wildman–Crippen MR) is 63.4 cm³/mol. The van der Waals surface area contributed by atoms with Crippen molar-refractivity contribution in [1.29, 1.82) is 0 Å². The van der Waals surface area contributed by atoms with E-state index in [4.69, 9.17) is 0 Å². The number of rotatable bonds is 3. The third kappa shape index (κ3) is 1.95. The highest BCUT2D eigenvalue weighted by Crippen LogP contribution is 2.15. The molecule has 2 rings (SSSR count). The Kier molecular flexibility index (Phi) is 3.16. The molecule has 0 radical (unpaired) electrons. The van der Waals surface area contributed by atoms with Gasteiger partial charge in [-0.15, -0.1) is 10.2 Å². The van der Waals surface area contributed by atoms with Crippen LogP contribution in [-0.4, -0.2) is 14.8 Å². The van der Waals surface area contributed by atoms with Crippen LogP contribution in [0.25, 0.3) is 5.69 Å². The minimum Gasteiger partial charge on any atom is -0.282 e. The molecule has 0 amide bonds. The lowest BCUT2D eigenvalue weighted by Gasteiger charge is -2.07. The van der Waals surface area contributed by atoms with E-state index >= 15 is 0 Å². The van der Waals surface area contributed by atoms with E-state index in [0.29, 0.717) is 0 Å². The van der Waals surface area contributed by atoms with Crippen molar-refractivity contribution in [2.24, 2.45) is 0 Å². The highest BCUT2D eigenvalue weighted by Gasteiger charge is 2.10. The molecule has 15 heavy (non-hydrogen) atoms. The van der Waals surface area contributed by atoms with E-state index in [1.165, 1.54) is 0 Å². The second-order valence-corrected chi connectivity index (χ2v) is 3.75. The lowest BCUT2D eigenvalue weighted by atomic mass is 10.3. The molecule has 0 saturated heterocycles. The number of hydrogen-bond acceptors (Lipinski definition) is 2. The molecule has 0 spiro atoms. The summed E-state index contributed by atoms with van der Waals surface area (Å²) in [5, 5.41) is 9.03. The zero-order valence-electron chi connectivity index (χ0n) is 8.52. The average molecular weight is 266 g/mol. The van der Waals surface area contributed by atoms with Crippen LogP contribution in [0.5, 0.6) is 0 Å². The molecule has 78 valence electrons. The van der Waals surface area contributed by atoms with Crippen LogP contribution in [0.3, 0.4) is 0 Å². The third-order valence-corrected chi connectivity index (χ3v) is 2.75. The summed E-state index contributed by atoms with van der Waals surface area (Å²) in [4.78, 5) is 0. The summed E-state index contributed by atoms with van der Waals surface area (Å²) in [5.74, 6) is 1.94. The molecule has 0 saturated carbocycles. The van der Waals surface area contributed by atoms with Crippen LogP contribution in [0.15, 0.2) is 30.3 Å². The monoisotopic (exact) mass is 265 g/mol. The Bertz CT molecular complexity index is 415. The fraction of sp³-hybridized carbons (Fsp3) is 0.273. The maximum atomic E-state index is 4.16. The van der Waals surface area contributed by atoms with Crippen LogP contribution in [0.4, 0.5) is 0 Å². The van der Waals surface area contributed by atoms with E-state index in [2.05, 4.69) is 49.8 Å². The van der Waals surface area contributed by atoms with E-state index in [1.54, 1.807) is 0 Å². The summed E-state index contributed by atoms with van der Waals surface area (Å²) in [6.45, 7) is 2.08. The van der Waals surface area contributed by atoms with Crippen molar-refractivity contribution < 1.29 is 0 Å². The number of alkyl halides is 1. The van der Waals surface area contributed by atoms with Crippen molar-refractivity contribution in [3.05, 3.63) is 42.0 Å². The van der Waals surface area contributed by atoms with Crippen LogP contribution in [-0.2, 0) is 11.8 Å². The molecule has 0 atom stereocenters. The first-order valence-electron chi connectivity index (χ1n) is 4.91. The summed E-state index contributed by atoms with van der Waals surface area (Å²) >= 11 is 3.42. The Morgan fingerprint density at radius 3 is 2.40 bits per heavy atom. The molecule has 2 aromatic rings. The molecule has 0 aliphatic heterocycles. The lowest BCUT2D eigenvalue weighted by Crippen LogP contribution is -2.03. The molecule has 3 nitrogen and oxygen atoms in total. The standard InChI is InChI=1S/C11H12BrN3/c1-2-10-13-14-11(8-12)15(10)9-6-4-3-5-7-9/h3-7H,2,8H2,1H3. The number of para-hydroxylation sites is 1. The SMILES string of the molecule is CCc1nnc(CBr)n1-c1ccccc1. The van der Waals surface area contributed by atoms with Gasteiger partial charge < -0.3 is 0 Å². The zero-order valence-corrected chi connectivity index (χ0v) is 10.1. The first-order valence-corrected chi connectivity index (χ1v) is 6.03. The molecule has 0 fully saturated rings. The van der Waals surface area contributed by atoms with Crippen LogP contribution in [0.2, 0.25) is 0 Å². The highest BCUT2D eigenvalue weighted by molar-refractivity contribution is 9.08. The van der Waals surface area contributed by atoms with Gasteiger partial charge in [-0.2, -0.15) is 0 Å². The summed E-state index contributed by atoms with van der Waals surface area (Å²) in [7, 11) is 0. The van der Waals surface area contributed by atoms with Gasteiger partial charge >= 0.3 is 0 Å². The maximum absolute atomic E-state index is 4.16. The van der Waals surface area contributed by atoms with Crippen molar-refractivity contribution in [1.82, 2.24) is 14.8 Å². The van der Waals surface area contributed by atoms with Gasteiger partial charge in [-0.05, 0) is 12.1 Å². The van der Waals surface area contributed by atoms with Gasteiger partial charge in [0, 0.05) is 12.1 Å². The van der Waals surface area contributed by atoms with Gasteiger partial charge in [-0.25, -0.2) is 0 Å². The van der Waals surface area contributed by atoms with Crippen LogP contribution >= 0.6 is 15.9 Å². The van der Waals surface area contributed by atoms with Gasteiger partial charge in [0.2, 0.25) is 0 Å². The smallest absolute Gasteiger partial charge is 0.148 e. The Hall–Kier alpha value is -1.16. The van der Waals surface area contributed by atoms with E-state index in [0.717, 1.165) is 29.1 Å². The summed E-state index contributed by atoms with van der Waals surface area (Å²) in [6, 6.07) is 10.2. The number of halogens is 1. The molecule has 0 N–H and O–H groups in total. The number of hydrogen-bond donors (Lipinski definition) is 0. The summed E-state index contributed by atoms with van der Waals surface area (Å²) < 4.78 is 2.09. The minimum atomic E-state index is 0.717. The third-order valence-electron chi connectivity index (χ3n) is 2.25. The van der Waals surface area contributed by atoms with Crippen molar-refractivity contribution in [2.45, 2.75) is 18.7 Å². The first-order chi connectivity index (χ1) is 7.36. The normalized spacial score (nSPS) is 10.5. The minimum absolute atomic E-state index is 0.717. The fourth-order valence-electron chi connectivity index (χ4n) is 1.54. The van der Waals surface area contributed by atoms with Gasteiger partial charge in [0.05, 0.1) is 5.33 Å². The van der Waals surface area contributed by atoms with Crippen molar-refractivity contribution in [3.63, 3.8) is 0 Å². The van der Waals surface area contributed by atoms with Crippen molar-refractivity contribution in [3.8, 4) is 5.69 Å². The topological polar surface area (TPSA) is 30.7 Å². The predicted octanol–water partition coefficient (Wildman–Crippen LogP) is 2.72. The van der Waals surface area contributed by atoms with Crippen molar-refractivity contribution in [2.75, 3.05) is 0 Å². The van der Waals surface area contributed by atoms with Crippen LogP contribution in [0.1, 0.15) is 18.6 Å². The van der Waals surface area contributed by atoms with Gasteiger partial charge in [0.15, 0.2) is 0 Å². The molecule has 0 bridgehead atoms. The van der Waals surface area contributed by atoms with Gasteiger partial charge in [0.1, 0.15) is 11.6 Å². The molecule has 1 heterocycles. The van der Waals surface area contributed by atoms with E-state index in [-0.39, 0.29) is 0 Å². The molecule has 0 aliphatic carbocycles. The first kappa shape index (κ1) is 10.4. The van der Waals surface area contributed by atoms with Crippen LogP contribution < -0.4 is 0 Å². The molecular formula is C11H12BrN3. The van der Waals surface area contributed by atoms with E-state index < -0.39 is 0 Å². The molecule has 0 unspecified atom stereocenters. The molecule has 1 aromatic carbocycles.